The Hall–Kier alpha value is -2.75. The van der Waals surface area contributed by atoms with Gasteiger partial charge in [-0.25, -0.2) is 0 Å². The molecule has 2 fully saturated rings. The van der Waals surface area contributed by atoms with Gasteiger partial charge in [0.15, 0.2) is 0 Å². The number of unbranched alkanes of at least 4 members (excludes halogenated alkanes) is 2. The number of hydrogen-bond acceptors (Lipinski definition) is 6. The number of nitrogens with zero attached hydrogens (tertiary/aromatic N) is 1. The molecule has 2 aliphatic rings. The second kappa shape index (κ2) is 15.1. The van der Waals surface area contributed by atoms with Crippen molar-refractivity contribution in [2.75, 3.05) is 19.4 Å². The normalized spacial score (nSPS) is 25.4. The molecule has 0 bridgehead atoms. The molecule has 4 amide bonds. The number of carbonyl (C=O) groups is 4. The van der Waals surface area contributed by atoms with Gasteiger partial charge in [0.25, 0.3) is 0 Å². The first-order valence-electron chi connectivity index (χ1n) is 14.2. The lowest BCUT2D eigenvalue weighted by atomic mass is 9.93. The first-order valence-corrected chi connectivity index (χ1v) is 14.9. The molecule has 2 heterocycles. The zero-order chi connectivity index (χ0) is 28.4. The second-order valence-corrected chi connectivity index (χ2v) is 11.1. The van der Waals surface area contributed by atoms with Crippen molar-refractivity contribution in [2.24, 2.45) is 5.92 Å². The molecule has 3 rings (SSSR count). The topological polar surface area (TPSA) is 117 Å². The largest absolute Gasteiger partial charge is 0.497 e. The van der Waals surface area contributed by atoms with Gasteiger partial charge in [0.1, 0.15) is 29.9 Å². The summed E-state index contributed by atoms with van der Waals surface area (Å²) in [5, 5.41) is 8.80. The summed E-state index contributed by atoms with van der Waals surface area (Å²) in [5.41, 5.74) is 0.834. The van der Waals surface area contributed by atoms with Crippen LogP contribution in [0.5, 0.6) is 5.75 Å². The van der Waals surface area contributed by atoms with E-state index < -0.39 is 36.0 Å². The molecule has 10 heteroatoms. The van der Waals surface area contributed by atoms with E-state index in [0.29, 0.717) is 31.6 Å². The van der Waals surface area contributed by atoms with Crippen molar-refractivity contribution in [3.05, 3.63) is 29.8 Å². The zero-order valence-corrected chi connectivity index (χ0v) is 24.3. The molecule has 0 radical (unpaired) electrons. The molecule has 0 aliphatic carbocycles. The maximum Gasteiger partial charge on any atom is 0.246 e. The Balaban J connectivity index is 1.95. The van der Waals surface area contributed by atoms with Gasteiger partial charge in [-0.15, -0.1) is 0 Å². The molecule has 1 unspecified atom stereocenters. The van der Waals surface area contributed by atoms with Crippen LogP contribution in [-0.4, -0.2) is 72.1 Å². The molecular formula is C29H44N4O5S. The van der Waals surface area contributed by atoms with Crippen LogP contribution in [0.4, 0.5) is 0 Å². The molecule has 2 saturated heterocycles. The molecule has 216 valence electrons. The summed E-state index contributed by atoms with van der Waals surface area (Å²) in [7, 11) is 1.58. The number of thiol groups is 1. The highest BCUT2D eigenvalue weighted by atomic mass is 32.1. The van der Waals surface area contributed by atoms with Crippen molar-refractivity contribution in [2.45, 2.75) is 95.8 Å². The quantitative estimate of drug-likeness (QED) is 0.259. The van der Waals surface area contributed by atoms with Crippen molar-refractivity contribution in [3.63, 3.8) is 0 Å². The number of ether oxygens (including phenoxy) is 1. The molecule has 1 aromatic carbocycles. The Labute approximate surface area is 237 Å². The minimum Gasteiger partial charge on any atom is -0.497 e. The number of fused-ring (bicyclic) bond motifs is 1. The first-order chi connectivity index (χ1) is 18.8. The molecule has 9 nitrogen and oxygen atoms in total. The fourth-order valence-corrected chi connectivity index (χ4v) is 5.46. The monoisotopic (exact) mass is 560 g/mol. The van der Waals surface area contributed by atoms with Gasteiger partial charge in [0, 0.05) is 13.0 Å². The predicted molar refractivity (Wildman–Crippen MR) is 154 cm³/mol. The van der Waals surface area contributed by atoms with Gasteiger partial charge in [-0.3, -0.25) is 19.2 Å². The molecular weight excluding hydrogens is 516 g/mol. The van der Waals surface area contributed by atoms with Crippen LogP contribution < -0.4 is 20.7 Å². The highest BCUT2D eigenvalue weighted by Crippen LogP contribution is 2.22. The Morgan fingerprint density at radius 2 is 1.64 bits per heavy atom. The standard InChI is InChI=1S/C29H44N4O5S/c1-4-19(2)25-29(37)33-16-8-7-11-24(33)28(36)30-22(10-6-5-9-17-39)26(34)31-23(27(35)32-25)18-20-12-14-21(38-3)15-13-20/h12-15,19,22-25,39H,4-11,16-18H2,1-3H3,(H,30,36)(H,31,34)(H,32,35)/t19?,22-,23+,24-,25-/m0/s1. The van der Waals surface area contributed by atoms with Crippen LogP contribution in [0, 0.1) is 5.92 Å². The van der Waals surface area contributed by atoms with Crippen LogP contribution in [0.2, 0.25) is 0 Å². The van der Waals surface area contributed by atoms with E-state index in [1.54, 1.807) is 24.1 Å². The number of nitrogens with one attached hydrogen (secondary N) is 3. The van der Waals surface area contributed by atoms with E-state index in [9.17, 15) is 19.2 Å². The molecule has 0 spiro atoms. The van der Waals surface area contributed by atoms with Crippen LogP contribution in [-0.2, 0) is 25.6 Å². The summed E-state index contributed by atoms with van der Waals surface area (Å²) < 4.78 is 5.24. The van der Waals surface area contributed by atoms with Crippen molar-refractivity contribution >= 4 is 36.3 Å². The third-order valence-corrected chi connectivity index (χ3v) is 8.20. The summed E-state index contributed by atoms with van der Waals surface area (Å²) in [4.78, 5) is 56.2. The van der Waals surface area contributed by atoms with E-state index >= 15 is 0 Å². The van der Waals surface area contributed by atoms with Crippen LogP contribution in [0.3, 0.4) is 0 Å². The summed E-state index contributed by atoms with van der Waals surface area (Å²) in [6, 6.07) is 4.14. The Bertz CT molecular complexity index is 988. The molecule has 0 aromatic heterocycles. The van der Waals surface area contributed by atoms with E-state index in [2.05, 4.69) is 28.6 Å². The number of piperidine rings is 1. The van der Waals surface area contributed by atoms with Crippen molar-refractivity contribution < 1.29 is 23.9 Å². The lowest BCUT2D eigenvalue weighted by Gasteiger charge is -2.39. The van der Waals surface area contributed by atoms with Gasteiger partial charge < -0.3 is 25.6 Å². The van der Waals surface area contributed by atoms with E-state index in [1.165, 1.54) is 0 Å². The van der Waals surface area contributed by atoms with Crippen LogP contribution in [0.25, 0.3) is 0 Å². The van der Waals surface area contributed by atoms with Gasteiger partial charge in [-0.05, 0) is 61.5 Å². The highest BCUT2D eigenvalue weighted by Gasteiger charge is 2.40. The van der Waals surface area contributed by atoms with E-state index in [0.717, 1.165) is 43.4 Å². The van der Waals surface area contributed by atoms with Gasteiger partial charge in [0.2, 0.25) is 23.6 Å². The third kappa shape index (κ3) is 8.37. The van der Waals surface area contributed by atoms with Crippen LogP contribution >= 0.6 is 12.6 Å². The number of methoxy groups -OCH3 is 1. The fourth-order valence-electron chi connectivity index (χ4n) is 5.24. The maximum absolute atomic E-state index is 13.8. The third-order valence-electron chi connectivity index (χ3n) is 7.88. The minimum absolute atomic E-state index is 0.146. The Morgan fingerprint density at radius 3 is 2.31 bits per heavy atom. The molecule has 2 aliphatic heterocycles. The average molecular weight is 561 g/mol. The maximum atomic E-state index is 13.8. The van der Waals surface area contributed by atoms with Crippen LogP contribution in [0.15, 0.2) is 24.3 Å². The van der Waals surface area contributed by atoms with E-state index in [1.807, 2.05) is 26.0 Å². The highest BCUT2D eigenvalue weighted by molar-refractivity contribution is 7.80. The van der Waals surface area contributed by atoms with Crippen molar-refractivity contribution in [1.29, 1.82) is 0 Å². The number of amides is 4. The number of benzene rings is 1. The lowest BCUT2D eigenvalue weighted by Crippen LogP contribution is -2.64. The molecule has 39 heavy (non-hydrogen) atoms. The number of rotatable bonds is 10. The van der Waals surface area contributed by atoms with Crippen LogP contribution in [0.1, 0.15) is 70.8 Å². The molecule has 5 atom stereocenters. The van der Waals surface area contributed by atoms with Crippen molar-refractivity contribution in [1.82, 2.24) is 20.9 Å². The zero-order valence-electron chi connectivity index (χ0n) is 23.4. The Morgan fingerprint density at radius 1 is 0.949 bits per heavy atom. The SMILES string of the molecule is CCC(C)[C@@H]1NC(=O)[C@@H](Cc2ccc(OC)cc2)NC(=O)[C@H](CCCCCS)NC(=O)[C@@H]2CCCCN2C1=O. The summed E-state index contributed by atoms with van der Waals surface area (Å²) in [5.74, 6) is -0.0503. The smallest absolute Gasteiger partial charge is 0.246 e. The predicted octanol–water partition coefficient (Wildman–Crippen LogP) is 2.62. The Kier molecular flexibility index (Phi) is 12.0. The summed E-state index contributed by atoms with van der Waals surface area (Å²) in [6.07, 6.45) is 6.03. The van der Waals surface area contributed by atoms with Crippen molar-refractivity contribution in [3.8, 4) is 5.75 Å². The molecule has 3 N–H and O–H groups in total. The first kappa shape index (κ1) is 30.8. The fraction of sp³-hybridized carbons (Fsp3) is 0.655. The number of carbonyl (C=O) groups excluding carboxylic acids is 4. The second-order valence-electron chi connectivity index (χ2n) is 10.7. The molecule has 0 saturated carbocycles. The summed E-state index contributed by atoms with van der Waals surface area (Å²) in [6.45, 7) is 4.34. The summed E-state index contributed by atoms with van der Waals surface area (Å²) >= 11 is 4.26. The molecule has 1 aromatic rings. The van der Waals surface area contributed by atoms with Gasteiger partial charge in [0.05, 0.1) is 7.11 Å². The van der Waals surface area contributed by atoms with Gasteiger partial charge in [-0.1, -0.05) is 45.2 Å². The van der Waals surface area contributed by atoms with Gasteiger partial charge in [-0.2, -0.15) is 12.6 Å². The lowest BCUT2D eigenvalue weighted by molar-refractivity contribution is -0.147. The number of hydrogen-bond donors (Lipinski definition) is 4. The van der Waals surface area contributed by atoms with E-state index in [-0.39, 0.29) is 24.2 Å². The van der Waals surface area contributed by atoms with Gasteiger partial charge >= 0.3 is 0 Å². The van der Waals surface area contributed by atoms with E-state index in [4.69, 9.17) is 4.74 Å². The average Bonchev–Trinajstić information content (AvgIpc) is 2.95. The minimum atomic E-state index is -0.918.